The van der Waals surface area contributed by atoms with Gasteiger partial charge in [0.1, 0.15) is 5.75 Å². The summed E-state index contributed by atoms with van der Waals surface area (Å²) >= 11 is 0. The number of benzene rings is 1. The molecule has 22 heavy (non-hydrogen) atoms. The molecule has 2 rings (SSSR count). The topological polar surface area (TPSA) is 32.8 Å². The van der Waals surface area contributed by atoms with Gasteiger partial charge in [-0.05, 0) is 30.5 Å². The van der Waals surface area contributed by atoms with Crippen LogP contribution in [0.2, 0.25) is 0 Å². The highest BCUT2D eigenvalue weighted by Crippen LogP contribution is 2.31. The normalized spacial score (nSPS) is 16.4. The second-order valence-electron chi connectivity index (χ2n) is 6.26. The summed E-state index contributed by atoms with van der Waals surface area (Å²) in [7, 11) is 1.69. The van der Waals surface area contributed by atoms with E-state index >= 15 is 0 Å². The van der Waals surface area contributed by atoms with Crippen LogP contribution in [0.5, 0.6) is 5.75 Å². The van der Waals surface area contributed by atoms with E-state index in [0.717, 1.165) is 37.5 Å². The summed E-state index contributed by atoms with van der Waals surface area (Å²) in [4.78, 5) is 16.6. The van der Waals surface area contributed by atoms with Gasteiger partial charge < -0.3 is 9.64 Å². The quantitative estimate of drug-likeness (QED) is 0.808. The average molecular weight is 304 g/mol. The van der Waals surface area contributed by atoms with Gasteiger partial charge in [0, 0.05) is 24.8 Å². The molecule has 0 unspecified atom stereocenters. The van der Waals surface area contributed by atoms with Crippen LogP contribution < -0.4 is 9.64 Å². The molecule has 4 heteroatoms. The molecule has 1 aromatic rings. The average Bonchev–Trinajstić information content (AvgIpc) is 2.52. The lowest BCUT2D eigenvalue weighted by molar-refractivity contribution is -0.121. The summed E-state index contributed by atoms with van der Waals surface area (Å²) in [6.07, 6.45) is 2.33. The van der Waals surface area contributed by atoms with Crippen molar-refractivity contribution in [2.45, 2.75) is 39.5 Å². The molecule has 0 N–H and O–H groups in total. The Balaban J connectivity index is 2.11. The summed E-state index contributed by atoms with van der Waals surface area (Å²) in [6.45, 7) is 9.72. The molecule has 1 fully saturated rings. The number of methoxy groups -OCH3 is 1. The molecule has 0 bridgehead atoms. The van der Waals surface area contributed by atoms with Gasteiger partial charge in [-0.1, -0.05) is 33.3 Å². The summed E-state index contributed by atoms with van der Waals surface area (Å²) < 4.78 is 5.50. The fourth-order valence-corrected chi connectivity index (χ4v) is 2.91. The highest BCUT2D eigenvalue weighted by atomic mass is 16.5. The number of amides is 1. The number of hydrogen-bond acceptors (Lipinski definition) is 3. The third-order valence-corrected chi connectivity index (χ3v) is 4.28. The maximum atomic E-state index is 12.4. The predicted molar refractivity (Wildman–Crippen MR) is 90.8 cm³/mol. The number of anilines is 1. The molecule has 0 aromatic heterocycles. The van der Waals surface area contributed by atoms with Gasteiger partial charge in [-0.25, -0.2) is 0 Å². The molecule has 122 valence electrons. The number of rotatable bonds is 6. The smallest absolute Gasteiger partial charge is 0.241 e. The van der Waals surface area contributed by atoms with Crippen molar-refractivity contribution < 1.29 is 9.53 Å². The molecular weight excluding hydrogens is 276 g/mol. The van der Waals surface area contributed by atoms with E-state index < -0.39 is 0 Å². The molecule has 1 aliphatic rings. The third kappa shape index (κ3) is 3.80. The maximum absolute atomic E-state index is 12.4. The Labute approximate surface area is 134 Å². The van der Waals surface area contributed by atoms with Crippen molar-refractivity contribution in [3.05, 3.63) is 23.8 Å². The molecule has 1 saturated heterocycles. The Bertz CT molecular complexity index is 514. The largest absolute Gasteiger partial charge is 0.496 e. The van der Waals surface area contributed by atoms with E-state index in [1.807, 2.05) is 17.0 Å². The first-order valence-corrected chi connectivity index (χ1v) is 8.27. The van der Waals surface area contributed by atoms with E-state index in [-0.39, 0.29) is 5.91 Å². The summed E-state index contributed by atoms with van der Waals surface area (Å²) in [6, 6.07) is 6.11. The highest BCUT2D eigenvalue weighted by molar-refractivity contribution is 5.95. The van der Waals surface area contributed by atoms with Crippen molar-refractivity contribution in [3.63, 3.8) is 0 Å². The van der Waals surface area contributed by atoms with Crippen molar-refractivity contribution >= 4 is 11.6 Å². The SMILES string of the molecule is CCCCN1CCN(c2ccc(C(C)C)c(OC)c2)C(=O)C1. The number of hydrogen-bond donors (Lipinski definition) is 0. The van der Waals surface area contributed by atoms with Crippen LogP contribution in [-0.4, -0.2) is 44.1 Å². The van der Waals surface area contributed by atoms with Gasteiger partial charge >= 0.3 is 0 Å². The van der Waals surface area contributed by atoms with Gasteiger partial charge in [0.2, 0.25) is 5.91 Å². The lowest BCUT2D eigenvalue weighted by atomic mass is 10.0. The van der Waals surface area contributed by atoms with Gasteiger partial charge in [0.15, 0.2) is 0 Å². The van der Waals surface area contributed by atoms with Crippen LogP contribution in [-0.2, 0) is 4.79 Å². The lowest BCUT2D eigenvalue weighted by Gasteiger charge is -2.34. The molecule has 0 atom stereocenters. The van der Waals surface area contributed by atoms with Crippen molar-refractivity contribution in [1.29, 1.82) is 0 Å². The second kappa shape index (κ2) is 7.63. The van der Waals surface area contributed by atoms with Gasteiger partial charge in [-0.15, -0.1) is 0 Å². The number of carbonyl (C=O) groups excluding carboxylic acids is 1. The Morgan fingerprint density at radius 3 is 2.64 bits per heavy atom. The Morgan fingerprint density at radius 1 is 1.27 bits per heavy atom. The molecular formula is C18H28N2O2. The highest BCUT2D eigenvalue weighted by Gasteiger charge is 2.25. The predicted octanol–water partition coefficient (Wildman–Crippen LogP) is 3.27. The van der Waals surface area contributed by atoms with E-state index in [1.54, 1.807) is 7.11 Å². The number of ether oxygens (including phenoxy) is 1. The third-order valence-electron chi connectivity index (χ3n) is 4.28. The minimum absolute atomic E-state index is 0.182. The fourth-order valence-electron chi connectivity index (χ4n) is 2.91. The Kier molecular flexibility index (Phi) is 5.83. The summed E-state index contributed by atoms with van der Waals surface area (Å²) in [5.74, 6) is 1.46. The van der Waals surface area contributed by atoms with Crippen molar-refractivity contribution in [1.82, 2.24) is 4.90 Å². The summed E-state index contributed by atoms with van der Waals surface area (Å²) in [5, 5.41) is 0. The van der Waals surface area contributed by atoms with Crippen LogP contribution in [0.25, 0.3) is 0 Å². The molecule has 1 aliphatic heterocycles. The standard InChI is InChI=1S/C18H28N2O2/c1-5-6-9-19-10-11-20(18(21)13-19)15-7-8-16(14(2)3)17(12-15)22-4/h7-8,12,14H,5-6,9-11,13H2,1-4H3. The van der Waals surface area contributed by atoms with Crippen LogP contribution >= 0.6 is 0 Å². The molecule has 0 saturated carbocycles. The fraction of sp³-hybridized carbons (Fsp3) is 0.611. The monoisotopic (exact) mass is 304 g/mol. The van der Waals surface area contributed by atoms with Crippen molar-refractivity contribution in [2.75, 3.05) is 38.2 Å². The number of carbonyl (C=O) groups is 1. The zero-order valence-corrected chi connectivity index (χ0v) is 14.3. The molecule has 0 spiro atoms. The van der Waals surface area contributed by atoms with Gasteiger partial charge in [-0.2, -0.15) is 0 Å². The summed E-state index contributed by atoms with van der Waals surface area (Å²) in [5.41, 5.74) is 2.13. The first kappa shape index (κ1) is 16.8. The first-order chi connectivity index (χ1) is 10.6. The van der Waals surface area contributed by atoms with Gasteiger partial charge in [0.05, 0.1) is 13.7 Å². The zero-order chi connectivity index (χ0) is 16.1. The lowest BCUT2D eigenvalue weighted by Crippen LogP contribution is -2.50. The molecule has 1 amide bonds. The van der Waals surface area contributed by atoms with Gasteiger partial charge in [-0.3, -0.25) is 9.69 Å². The van der Waals surface area contributed by atoms with E-state index in [2.05, 4.69) is 31.7 Å². The van der Waals surface area contributed by atoms with Crippen molar-refractivity contribution in [3.8, 4) is 5.75 Å². The van der Waals surface area contributed by atoms with Crippen LogP contribution in [0.3, 0.4) is 0 Å². The van der Waals surface area contributed by atoms with Crippen molar-refractivity contribution in [2.24, 2.45) is 0 Å². The minimum Gasteiger partial charge on any atom is -0.496 e. The molecule has 4 nitrogen and oxygen atoms in total. The molecule has 1 aromatic carbocycles. The molecule has 0 aliphatic carbocycles. The molecule has 1 heterocycles. The van der Waals surface area contributed by atoms with Crippen LogP contribution in [0.15, 0.2) is 18.2 Å². The van der Waals surface area contributed by atoms with E-state index in [0.29, 0.717) is 12.5 Å². The van der Waals surface area contributed by atoms with E-state index in [1.165, 1.54) is 12.0 Å². The molecule has 0 radical (unpaired) electrons. The van der Waals surface area contributed by atoms with E-state index in [9.17, 15) is 4.79 Å². The Hall–Kier alpha value is -1.55. The van der Waals surface area contributed by atoms with Crippen LogP contribution in [0.1, 0.15) is 45.1 Å². The zero-order valence-electron chi connectivity index (χ0n) is 14.3. The number of piperazine rings is 1. The number of unbranched alkanes of at least 4 members (excludes halogenated alkanes) is 1. The Morgan fingerprint density at radius 2 is 2.05 bits per heavy atom. The van der Waals surface area contributed by atoms with Crippen LogP contribution in [0, 0.1) is 0 Å². The van der Waals surface area contributed by atoms with Crippen LogP contribution in [0.4, 0.5) is 5.69 Å². The van der Waals surface area contributed by atoms with E-state index in [4.69, 9.17) is 4.74 Å². The minimum atomic E-state index is 0.182. The maximum Gasteiger partial charge on any atom is 0.241 e. The number of nitrogens with zero attached hydrogens (tertiary/aromatic N) is 2. The first-order valence-electron chi connectivity index (χ1n) is 8.27. The van der Waals surface area contributed by atoms with Gasteiger partial charge in [0.25, 0.3) is 0 Å². The second-order valence-corrected chi connectivity index (χ2v) is 6.26.